The molecule has 0 aliphatic carbocycles. The number of phenolic OH excluding ortho intramolecular Hbond substituents is 1. The van der Waals surface area contributed by atoms with Crippen LogP contribution in [0.1, 0.15) is 11.3 Å². The van der Waals surface area contributed by atoms with Crippen molar-refractivity contribution in [2.24, 2.45) is 0 Å². The molecule has 1 N–H and O–H groups in total. The molecule has 0 fully saturated rings. The topological polar surface area (TPSA) is 46.8 Å². The number of nitrogens with zero attached hydrogens (tertiary/aromatic N) is 2. The number of pyridine rings is 1. The molecule has 102 valence electrons. The fourth-order valence-electron chi connectivity index (χ4n) is 2.01. The zero-order valence-electron chi connectivity index (χ0n) is 10.9. The van der Waals surface area contributed by atoms with Gasteiger partial charge in [0.1, 0.15) is 23.8 Å². The Balaban J connectivity index is 1.87. The zero-order valence-corrected chi connectivity index (χ0v) is 11.6. The number of aryl methyl sites for hydroxylation is 1. The van der Waals surface area contributed by atoms with Gasteiger partial charge in [-0.05, 0) is 60.5 Å². The number of aromatic nitrogens is 2. The summed E-state index contributed by atoms with van der Waals surface area (Å²) in [6.45, 7) is 2.34. The molecule has 3 rings (SSSR count). The lowest BCUT2D eigenvalue weighted by Gasteiger charge is -2.05. The molecule has 4 nitrogen and oxygen atoms in total. The number of ether oxygens (including phenoxy) is 1. The fraction of sp³-hybridized carbons (Fsp3) is 0.133. The van der Waals surface area contributed by atoms with E-state index in [1.165, 1.54) is 0 Å². The molecular weight excluding hydrogens is 276 g/mol. The molecule has 1 aromatic carbocycles. The van der Waals surface area contributed by atoms with E-state index in [0.717, 1.165) is 16.8 Å². The molecule has 0 aliphatic rings. The molecule has 5 heteroatoms. The van der Waals surface area contributed by atoms with Gasteiger partial charge in [0.2, 0.25) is 5.28 Å². The summed E-state index contributed by atoms with van der Waals surface area (Å²) in [5, 5.41) is 9.65. The highest BCUT2D eigenvalue weighted by atomic mass is 35.5. The third kappa shape index (κ3) is 2.42. The molecule has 0 amide bonds. The van der Waals surface area contributed by atoms with Crippen molar-refractivity contribution >= 4 is 17.1 Å². The third-order valence-corrected chi connectivity index (χ3v) is 3.31. The van der Waals surface area contributed by atoms with Crippen LogP contribution in [-0.4, -0.2) is 14.5 Å². The summed E-state index contributed by atoms with van der Waals surface area (Å²) >= 11 is 6.10. The van der Waals surface area contributed by atoms with Crippen LogP contribution in [0, 0.1) is 6.92 Å². The normalized spacial score (nSPS) is 10.9. The van der Waals surface area contributed by atoms with Gasteiger partial charge in [0.05, 0.1) is 5.52 Å². The van der Waals surface area contributed by atoms with E-state index >= 15 is 0 Å². The first-order valence-electron chi connectivity index (χ1n) is 6.18. The first-order valence-corrected chi connectivity index (χ1v) is 6.56. The zero-order chi connectivity index (χ0) is 14.1. The maximum atomic E-state index is 9.23. The molecule has 3 aromatic rings. The fourth-order valence-corrected chi connectivity index (χ4v) is 2.26. The molecule has 0 radical (unpaired) electrons. The Bertz CT molecular complexity index is 750. The number of aromatic hydroxyl groups is 1. The summed E-state index contributed by atoms with van der Waals surface area (Å²) in [6, 6.07) is 10.6. The smallest absolute Gasteiger partial charge is 0.207 e. The van der Waals surface area contributed by atoms with Gasteiger partial charge in [-0.3, -0.25) is 4.40 Å². The average Bonchev–Trinajstić information content (AvgIpc) is 2.74. The molecule has 0 saturated carbocycles. The number of halogens is 1. The van der Waals surface area contributed by atoms with Crippen molar-refractivity contribution in [3.63, 3.8) is 0 Å². The highest BCUT2D eigenvalue weighted by Gasteiger charge is 2.10. The minimum atomic E-state index is 0.212. The quantitative estimate of drug-likeness (QED) is 0.801. The van der Waals surface area contributed by atoms with Gasteiger partial charge in [-0.1, -0.05) is 0 Å². The lowest BCUT2D eigenvalue weighted by Crippen LogP contribution is -1.96. The van der Waals surface area contributed by atoms with Gasteiger partial charge in [0.15, 0.2) is 0 Å². The third-order valence-electron chi connectivity index (χ3n) is 3.04. The minimum absolute atomic E-state index is 0.212. The predicted molar refractivity (Wildman–Crippen MR) is 77.4 cm³/mol. The summed E-state index contributed by atoms with van der Waals surface area (Å²) in [5.74, 6) is 0.885. The van der Waals surface area contributed by atoms with Gasteiger partial charge in [0.25, 0.3) is 0 Å². The molecule has 0 bridgehead atoms. The second-order valence-electron chi connectivity index (χ2n) is 4.57. The van der Waals surface area contributed by atoms with Crippen molar-refractivity contribution in [3.8, 4) is 11.5 Å². The van der Waals surface area contributed by atoms with E-state index in [1.807, 2.05) is 29.7 Å². The number of imidazole rings is 1. The lowest BCUT2D eigenvalue weighted by atomic mass is 10.2. The monoisotopic (exact) mass is 288 g/mol. The molecule has 0 spiro atoms. The van der Waals surface area contributed by atoms with Gasteiger partial charge in [-0.25, -0.2) is 4.98 Å². The molecule has 2 heterocycles. The Morgan fingerprint density at radius 3 is 2.75 bits per heavy atom. The Kier molecular flexibility index (Phi) is 3.24. The van der Waals surface area contributed by atoms with Crippen LogP contribution in [-0.2, 0) is 6.61 Å². The Labute approximate surface area is 121 Å². The van der Waals surface area contributed by atoms with Crippen molar-refractivity contribution in [1.82, 2.24) is 9.38 Å². The molecule has 2 aromatic heterocycles. The highest BCUT2D eigenvalue weighted by molar-refractivity contribution is 6.28. The molecule has 0 saturated heterocycles. The number of hydrogen-bond acceptors (Lipinski definition) is 3. The van der Waals surface area contributed by atoms with Gasteiger partial charge in [-0.2, -0.15) is 0 Å². The molecule has 20 heavy (non-hydrogen) atoms. The largest absolute Gasteiger partial charge is 0.508 e. The van der Waals surface area contributed by atoms with E-state index < -0.39 is 0 Å². The van der Waals surface area contributed by atoms with Crippen LogP contribution in [0.3, 0.4) is 0 Å². The van der Waals surface area contributed by atoms with E-state index in [9.17, 15) is 5.11 Å². The Morgan fingerprint density at radius 2 is 2.00 bits per heavy atom. The van der Waals surface area contributed by atoms with Crippen LogP contribution < -0.4 is 4.74 Å². The van der Waals surface area contributed by atoms with E-state index in [2.05, 4.69) is 4.98 Å². The van der Waals surface area contributed by atoms with Crippen LogP contribution in [0.2, 0.25) is 5.28 Å². The predicted octanol–water partition coefficient (Wildman–Crippen LogP) is 3.58. The van der Waals surface area contributed by atoms with Gasteiger partial charge in [-0.15, -0.1) is 0 Å². The molecule has 0 atom stereocenters. The molecular formula is C15H13ClN2O2. The van der Waals surface area contributed by atoms with Gasteiger partial charge in [0, 0.05) is 6.20 Å². The van der Waals surface area contributed by atoms with Crippen LogP contribution in [0.5, 0.6) is 11.5 Å². The van der Waals surface area contributed by atoms with Crippen molar-refractivity contribution in [1.29, 1.82) is 0 Å². The molecule has 0 unspecified atom stereocenters. The number of benzene rings is 1. The van der Waals surface area contributed by atoms with E-state index in [4.69, 9.17) is 16.3 Å². The SMILES string of the molecule is Cc1ccn2c(Cl)nc(COc3ccc(O)cc3)c2c1. The number of fused-ring (bicyclic) bond motifs is 1. The van der Waals surface area contributed by atoms with Crippen LogP contribution >= 0.6 is 11.6 Å². The van der Waals surface area contributed by atoms with Crippen LogP contribution in [0.4, 0.5) is 0 Å². The summed E-state index contributed by atoms with van der Waals surface area (Å²) in [6.07, 6.45) is 1.89. The standard InChI is InChI=1S/C15H13ClN2O2/c1-10-6-7-18-14(8-10)13(17-15(18)16)9-20-12-4-2-11(19)3-5-12/h2-8,19H,9H2,1H3. The van der Waals surface area contributed by atoms with Crippen LogP contribution in [0.15, 0.2) is 42.6 Å². The number of phenols is 1. The Hall–Kier alpha value is -2.20. The lowest BCUT2D eigenvalue weighted by molar-refractivity contribution is 0.303. The molecule has 0 aliphatic heterocycles. The summed E-state index contributed by atoms with van der Waals surface area (Å²) in [5.41, 5.74) is 2.86. The van der Waals surface area contributed by atoms with Gasteiger partial charge >= 0.3 is 0 Å². The minimum Gasteiger partial charge on any atom is -0.508 e. The summed E-state index contributed by atoms with van der Waals surface area (Å²) < 4.78 is 7.49. The number of rotatable bonds is 3. The summed E-state index contributed by atoms with van der Waals surface area (Å²) in [4.78, 5) is 4.32. The van der Waals surface area contributed by atoms with Crippen molar-refractivity contribution in [3.05, 3.63) is 59.1 Å². The second-order valence-corrected chi connectivity index (χ2v) is 4.91. The average molecular weight is 289 g/mol. The maximum Gasteiger partial charge on any atom is 0.207 e. The van der Waals surface area contributed by atoms with Crippen molar-refractivity contribution in [2.45, 2.75) is 13.5 Å². The first kappa shape index (κ1) is 12.8. The van der Waals surface area contributed by atoms with E-state index in [1.54, 1.807) is 24.3 Å². The van der Waals surface area contributed by atoms with E-state index in [-0.39, 0.29) is 5.75 Å². The van der Waals surface area contributed by atoms with Crippen molar-refractivity contribution in [2.75, 3.05) is 0 Å². The van der Waals surface area contributed by atoms with Gasteiger partial charge < -0.3 is 9.84 Å². The Morgan fingerprint density at radius 1 is 1.25 bits per heavy atom. The first-order chi connectivity index (χ1) is 9.63. The van der Waals surface area contributed by atoms with Crippen LogP contribution in [0.25, 0.3) is 5.52 Å². The second kappa shape index (κ2) is 5.06. The number of hydrogen-bond donors (Lipinski definition) is 1. The highest BCUT2D eigenvalue weighted by Crippen LogP contribution is 2.21. The summed E-state index contributed by atoms with van der Waals surface area (Å²) in [7, 11) is 0. The maximum absolute atomic E-state index is 9.23. The van der Waals surface area contributed by atoms with E-state index in [0.29, 0.717) is 17.6 Å². The van der Waals surface area contributed by atoms with Crippen molar-refractivity contribution < 1.29 is 9.84 Å².